The molecule has 1 rings (SSSR count). The molecule has 0 saturated carbocycles. The highest BCUT2D eigenvalue weighted by molar-refractivity contribution is 5.49. The fourth-order valence-electron chi connectivity index (χ4n) is 1.87. The van der Waals surface area contributed by atoms with Crippen LogP contribution >= 0.6 is 0 Å². The zero-order valence-corrected chi connectivity index (χ0v) is 11.5. The summed E-state index contributed by atoms with van der Waals surface area (Å²) in [5.41, 5.74) is 0. The normalized spacial score (nSPS) is 10.4. The Hall–Kier alpha value is -1.32. The standard InChI is InChI=1S/C13H24N4/c1-5-8-17(9-6-2)13-10-12(14-7-3)15-11(4)16-13/h10H,5-9H2,1-4H3,(H,14,15,16). The van der Waals surface area contributed by atoms with Crippen molar-refractivity contribution in [2.45, 2.75) is 40.5 Å². The van der Waals surface area contributed by atoms with E-state index < -0.39 is 0 Å². The molecule has 1 N–H and O–H groups in total. The highest BCUT2D eigenvalue weighted by Gasteiger charge is 2.08. The number of aromatic nitrogens is 2. The summed E-state index contributed by atoms with van der Waals surface area (Å²) >= 11 is 0. The van der Waals surface area contributed by atoms with Gasteiger partial charge < -0.3 is 10.2 Å². The zero-order chi connectivity index (χ0) is 12.7. The molecule has 0 aliphatic heterocycles. The number of nitrogens with zero attached hydrogens (tertiary/aromatic N) is 3. The first-order valence-corrected chi connectivity index (χ1v) is 6.55. The second-order valence-electron chi connectivity index (χ2n) is 4.18. The molecule has 0 unspecified atom stereocenters. The van der Waals surface area contributed by atoms with Gasteiger partial charge in [0.15, 0.2) is 0 Å². The van der Waals surface area contributed by atoms with E-state index in [1.807, 2.05) is 13.0 Å². The largest absolute Gasteiger partial charge is 0.370 e. The van der Waals surface area contributed by atoms with Crippen LogP contribution < -0.4 is 10.2 Å². The molecule has 0 aliphatic rings. The van der Waals surface area contributed by atoms with Crippen molar-refractivity contribution in [3.05, 3.63) is 11.9 Å². The lowest BCUT2D eigenvalue weighted by atomic mass is 10.3. The Morgan fingerprint density at radius 2 is 1.76 bits per heavy atom. The molecule has 1 aromatic heterocycles. The first kappa shape index (κ1) is 13.7. The number of nitrogens with one attached hydrogen (secondary N) is 1. The van der Waals surface area contributed by atoms with Crippen LogP contribution in [-0.4, -0.2) is 29.6 Å². The predicted octanol–water partition coefficient (Wildman–Crippen LogP) is 2.84. The smallest absolute Gasteiger partial charge is 0.134 e. The summed E-state index contributed by atoms with van der Waals surface area (Å²) < 4.78 is 0. The van der Waals surface area contributed by atoms with E-state index in [1.165, 1.54) is 0 Å². The minimum atomic E-state index is 0.829. The minimum absolute atomic E-state index is 0.829. The SMILES string of the molecule is CCCN(CCC)c1cc(NCC)nc(C)n1. The molecule has 0 bridgehead atoms. The van der Waals surface area contributed by atoms with Gasteiger partial charge in [-0.25, -0.2) is 9.97 Å². The average Bonchev–Trinajstić information content (AvgIpc) is 2.28. The van der Waals surface area contributed by atoms with Crippen LogP contribution in [0.5, 0.6) is 0 Å². The molecular weight excluding hydrogens is 212 g/mol. The second-order valence-corrected chi connectivity index (χ2v) is 4.18. The monoisotopic (exact) mass is 236 g/mol. The molecule has 0 aliphatic carbocycles. The molecule has 4 nitrogen and oxygen atoms in total. The Balaban J connectivity index is 2.92. The fourth-order valence-corrected chi connectivity index (χ4v) is 1.87. The van der Waals surface area contributed by atoms with E-state index in [0.29, 0.717) is 0 Å². The van der Waals surface area contributed by atoms with Crippen LogP contribution in [0.2, 0.25) is 0 Å². The van der Waals surface area contributed by atoms with Crippen molar-refractivity contribution in [3.8, 4) is 0 Å². The van der Waals surface area contributed by atoms with E-state index in [2.05, 4.69) is 41.0 Å². The van der Waals surface area contributed by atoms with Gasteiger partial charge in [0.2, 0.25) is 0 Å². The predicted molar refractivity (Wildman–Crippen MR) is 73.7 cm³/mol. The van der Waals surface area contributed by atoms with Gasteiger partial charge in [-0.3, -0.25) is 0 Å². The van der Waals surface area contributed by atoms with Crippen LogP contribution in [0.25, 0.3) is 0 Å². The number of rotatable bonds is 7. The van der Waals surface area contributed by atoms with Crippen LogP contribution in [0.4, 0.5) is 11.6 Å². The third-order valence-electron chi connectivity index (χ3n) is 2.49. The summed E-state index contributed by atoms with van der Waals surface area (Å²) in [6.45, 7) is 11.4. The number of hydrogen-bond acceptors (Lipinski definition) is 4. The highest BCUT2D eigenvalue weighted by Crippen LogP contribution is 2.16. The van der Waals surface area contributed by atoms with Gasteiger partial charge in [0.05, 0.1) is 0 Å². The first-order chi connectivity index (χ1) is 8.21. The van der Waals surface area contributed by atoms with E-state index >= 15 is 0 Å². The lowest BCUT2D eigenvalue weighted by Gasteiger charge is -2.23. The Morgan fingerprint density at radius 1 is 1.12 bits per heavy atom. The van der Waals surface area contributed by atoms with Gasteiger partial charge in [-0.1, -0.05) is 13.8 Å². The van der Waals surface area contributed by atoms with Crippen molar-refractivity contribution >= 4 is 11.6 Å². The lowest BCUT2D eigenvalue weighted by Crippen LogP contribution is -2.26. The summed E-state index contributed by atoms with van der Waals surface area (Å²) in [6, 6.07) is 2.04. The molecule has 96 valence electrons. The van der Waals surface area contributed by atoms with Crippen molar-refractivity contribution in [2.75, 3.05) is 29.9 Å². The van der Waals surface area contributed by atoms with Crippen LogP contribution in [0.3, 0.4) is 0 Å². The van der Waals surface area contributed by atoms with Gasteiger partial charge >= 0.3 is 0 Å². The average molecular weight is 236 g/mol. The number of hydrogen-bond donors (Lipinski definition) is 1. The molecule has 0 aromatic carbocycles. The van der Waals surface area contributed by atoms with Crippen LogP contribution in [-0.2, 0) is 0 Å². The van der Waals surface area contributed by atoms with Gasteiger partial charge in [0.25, 0.3) is 0 Å². The topological polar surface area (TPSA) is 41.0 Å². The van der Waals surface area contributed by atoms with Gasteiger partial charge in [-0.2, -0.15) is 0 Å². The van der Waals surface area contributed by atoms with E-state index in [-0.39, 0.29) is 0 Å². The molecule has 0 atom stereocenters. The Morgan fingerprint density at radius 3 is 2.29 bits per heavy atom. The van der Waals surface area contributed by atoms with E-state index in [4.69, 9.17) is 0 Å². The van der Waals surface area contributed by atoms with E-state index in [0.717, 1.165) is 49.9 Å². The number of anilines is 2. The summed E-state index contributed by atoms with van der Waals surface area (Å²) in [7, 11) is 0. The van der Waals surface area contributed by atoms with Gasteiger partial charge in [0.1, 0.15) is 17.5 Å². The summed E-state index contributed by atoms with van der Waals surface area (Å²) in [4.78, 5) is 11.2. The summed E-state index contributed by atoms with van der Waals surface area (Å²) in [6.07, 6.45) is 2.28. The van der Waals surface area contributed by atoms with Gasteiger partial charge in [0, 0.05) is 25.7 Å². The van der Waals surface area contributed by atoms with Crippen molar-refractivity contribution in [1.29, 1.82) is 0 Å². The van der Waals surface area contributed by atoms with Gasteiger partial charge in [-0.05, 0) is 26.7 Å². The van der Waals surface area contributed by atoms with Crippen LogP contribution in [0.1, 0.15) is 39.4 Å². The molecule has 1 aromatic rings. The molecule has 0 fully saturated rings. The highest BCUT2D eigenvalue weighted by atomic mass is 15.2. The summed E-state index contributed by atoms with van der Waals surface area (Å²) in [5, 5.41) is 3.25. The molecule has 0 amide bonds. The molecular formula is C13H24N4. The number of aryl methyl sites for hydroxylation is 1. The minimum Gasteiger partial charge on any atom is -0.370 e. The molecule has 0 saturated heterocycles. The Kier molecular flexibility index (Phi) is 5.73. The van der Waals surface area contributed by atoms with E-state index in [9.17, 15) is 0 Å². The molecule has 17 heavy (non-hydrogen) atoms. The third kappa shape index (κ3) is 4.21. The fraction of sp³-hybridized carbons (Fsp3) is 0.692. The molecule has 0 radical (unpaired) electrons. The maximum atomic E-state index is 4.53. The van der Waals surface area contributed by atoms with Crippen LogP contribution in [0, 0.1) is 6.92 Å². The first-order valence-electron chi connectivity index (χ1n) is 6.55. The maximum Gasteiger partial charge on any atom is 0.134 e. The van der Waals surface area contributed by atoms with Crippen molar-refractivity contribution in [1.82, 2.24) is 9.97 Å². The summed E-state index contributed by atoms with van der Waals surface area (Å²) in [5.74, 6) is 2.79. The third-order valence-corrected chi connectivity index (χ3v) is 2.49. The zero-order valence-electron chi connectivity index (χ0n) is 11.5. The second kappa shape index (κ2) is 7.09. The Labute approximate surface area is 104 Å². The van der Waals surface area contributed by atoms with Crippen LogP contribution in [0.15, 0.2) is 6.07 Å². The quantitative estimate of drug-likeness (QED) is 0.790. The Bertz CT molecular complexity index is 332. The molecule has 4 heteroatoms. The van der Waals surface area contributed by atoms with Crippen molar-refractivity contribution in [2.24, 2.45) is 0 Å². The molecule has 0 spiro atoms. The lowest BCUT2D eigenvalue weighted by molar-refractivity contribution is 0.730. The maximum absolute atomic E-state index is 4.53. The van der Waals surface area contributed by atoms with Crippen molar-refractivity contribution in [3.63, 3.8) is 0 Å². The van der Waals surface area contributed by atoms with Gasteiger partial charge in [-0.15, -0.1) is 0 Å². The van der Waals surface area contributed by atoms with Crippen molar-refractivity contribution < 1.29 is 0 Å². The molecule has 1 heterocycles. The van der Waals surface area contributed by atoms with E-state index in [1.54, 1.807) is 0 Å².